The lowest BCUT2D eigenvalue weighted by Gasteiger charge is -2.50. The highest BCUT2D eigenvalue weighted by Crippen LogP contribution is 2.51. The lowest BCUT2D eigenvalue weighted by molar-refractivity contribution is -0.156. The minimum absolute atomic E-state index is 0.00963. The number of halogens is 4. The van der Waals surface area contributed by atoms with Crippen LogP contribution in [-0.2, 0) is 104 Å². The van der Waals surface area contributed by atoms with E-state index in [2.05, 4.69) is 57.5 Å². The van der Waals surface area contributed by atoms with Crippen LogP contribution in [0, 0.1) is 23.3 Å². The molecule has 7 aromatic carbocycles. The van der Waals surface area contributed by atoms with Gasteiger partial charge in [0.25, 0.3) is 0 Å². The van der Waals surface area contributed by atoms with Crippen LogP contribution in [0.15, 0.2) is 207 Å². The molecule has 3 saturated heterocycles. The van der Waals surface area contributed by atoms with Crippen molar-refractivity contribution in [2.75, 3.05) is 71.2 Å². The first-order valence-electron chi connectivity index (χ1n) is 41.8. The van der Waals surface area contributed by atoms with Crippen molar-refractivity contribution in [1.82, 2.24) is 45.2 Å². The number of anilines is 6. The first-order chi connectivity index (χ1) is 59.6. The normalized spacial score (nSPS) is 23.0. The maximum Gasteiger partial charge on any atom is 0.244 e. The summed E-state index contributed by atoms with van der Waals surface area (Å²) < 4.78 is 56.8. The third-order valence-electron chi connectivity index (χ3n) is 26.7. The standard InChI is InChI=1S/C36H33F2N5O3.C31H31N5O3.C29H27F2N5O3/c1-35(2)34(46)43(30(24-13-26(37)16-27(38)14-24)20-42(35)19-22-7-4-3-5-8-22)21-31(44)40-28-11-10-23-17-36(18-25(23)15-28)29-9-6-12-39-32(29)41-33(36)45;37-26(19-36-25(20-7-2-1-3-8-20)18-33-31(29(36)39)12-4-5-13-31)34-23-11-10-21-16-30(17-22(21)15-23)24-9-6-14-32-27(24)35-28(30)38;1-28(2)27(39)36(23(14-33-28)17-8-19(30)11-20(31)9-17)15-24(37)34-21-6-5-16-12-29(13-18(16)10-21)22-4-3-7-32-25(22)35-26(29)38/h3-16,30H,17-21H2,1-2H3,(H,40,44)(H,39,41,45);1-3,6-11,14-15,25,33H,4-5,12-13,16-19H2,(H,34,37)(H,32,35,38);3-11,23,33H,12-15H2,1-2H3,(H,34,37)(H,32,35,38). The SMILES string of the molecule is CC1(C)C(=O)N(CC(=O)Nc2ccc3c(c2)CC2(C3)C(=O)Nc3ncccc32)C(c2cc(F)cc(F)c2)CN1Cc1ccccc1.CC1(C)NCC(c2cc(F)cc(F)c2)N(CC(=O)Nc2ccc3c(c2)CC2(C3)C(=O)Nc3ncccc32)C1=O.O=C(CN1C(=O)C2(CCCC2)NCC1c1ccccc1)Nc1ccc2c(c1)CC1(C2)C(=O)Nc2ncccc21. The molecule has 1 saturated carbocycles. The minimum atomic E-state index is -0.993. The number of aromatic nitrogens is 3. The summed E-state index contributed by atoms with van der Waals surface area (Å²) in [6.45, 7) is 7.95. The topological polar surface area (TPSA) is 301 Å². The van der Waals surface area contributed by atoms with E-state index in [0.717, 1.165) is 99.0 Å². The van der Waals surface area contributed by atoms with Gasteiger partial charge in [-0.3, -0.25) is 48.1 Å². The summed E-state index contributed by atoms with van der Waals surface area (Å²) in [5.41, 5.74) is 8.46. The van der Waals surface area contributed by atoms with E-state index in [-0.39, 0.29) is 91.2 Å². The van der Waals surface area contributed by atoms with Crippen molar-refractivity contribution in [3.63, 3.8) is 0 Å². The molecule has 0 radical (unpaired) electrons. The van der Waals surface area contributed by atoms with Gasteiger partial charge < -0.3 is 57.2 Å². The van der Waals surface area contributed by atoms with Crippen molar-refractivity contribution in [2.45, 2.75) is 149 Å². The molecule has 28 heteroatoms. The summed E-state index contributed by atoms with van der Waals surface area (Å²) in [4.78, 5) is 140. The van der Waals surface area contributed by atoms with Gasteiger partial charge in [0.05, 0.1) is 51.0 Å². The van der Waals surface area contributed by atoms with Crippen molar-refractivity contribution >= 4 is 87.7 Å². The van der Waals surface area contributed by atoms with E-state index in [1.54, 1.807) is 63.3 Å². The van der Waals surface area contributed by atoms with Crippen LogP contribution < -0.4 is 42.5 Å². The van der Waals surface area contributed by atoms with E-state index in [0.29, 0.717) is 86.1 Å². The van der Waals surface area contributed by atoms with E-state index < -0.39 is 80.0 Å². The van der Waals surface area contributed by atoms with Crippen LogP contribution in [0.1, 0.15) is 144 Å². The number of carbonyl (C=O) groups excluding carboxylic acids is 9. The van der Waals surface area contributed by atoms with Crippen molar-refractivity contribution < 1.29 is 60.7 Å². The fourth-order valence-electron chi connectivity index (χ4n) is 20.3. The van der Waals surface area contributed by atoms with Crippen LogP contribution in [0.4, 0.5) is 52.1 Å². The summed E-state index contributed by atoms with van der Waals surface area (Å²) in [5, 5.41) is 24.2. The van der Waals surface area contributed by atoms with E-state index in [4.69, 9.17) is 0 Å². The monoisotopic (exact) mass is 1670 g/mol. The summed E-state index contributed by atoms with van der Waals surface area (Å²) in [7, 11) is 0. The summed E-state index contributed by atoms with van der Waals surface area (Å²) >= 11 is 0. The molecule has 4 aliphatic carbocycles. The Hall–Kier alpha value is -13.2. The maximum absolute atomic E-state index is 14.4. The number of hydrogen-bond donors (Lipinski definition) is 8. The molecule has 4 spiro atoms. The Balaban J connectivity index is 0.000000127. The minimum Gasteiger partial charge on any atom is -0.325 e. The quantitative estimate of drug-likeness (QED) is 0.0470. The van der Waals surface area contributed by atoms with Gasteiger partial charge in [0.15, 0.2) is 0 Å². The van der Waals surface area contributed by atoms with Gasteiger partial charge in [0.2, 0.25) is 53.2 Å². The fraction of sp³-hybridized carbons (Fsp3) is 0.312. The highest BCUT2D eigenvalue weighted by atomic mass is 19.1. The third kappa shape index (κ3) is 15.1. The molecular formula is C96H91F4N15O9. The molecule has 20 rings (SSSR count). The van der Waals surface area contributed by atoms with Gasteiger partial charge in [0, 0.05) is 90.7 Å². The lowest BCUT2D eigenvalue weighted by atomic mass is 9.79. The molecule has 10 aromatic rings. The third-order valence-corrected chi connectivity index (χ3v) is 26.7. The average Bonchev–Trinajstić information content (AvgIpc) is 1.57. The zero-order valence-corrected chi connectivity index (χ0v) is 68.7. The highest BCUT2D eigenvalue weighted by Gasteiger charge is 2.56. The molecule has 10 aliphatic rings. The zero-order valence-electron chi connectivity index (χ0n) is 68.7. The van der Waals surface area contributed by atoms with Gasteiger partial charge >= 0.3 is 0 Å². The van der Waals surface area contributed by atoms with Gasteiger partial charge in [-0.2, -0.15) is 0 Å². The second-order valence-electron chi connectivity index (χ2n) is 35.2. The van der Waals surface area contributed by atoms with E-state index >= 15 is 0 Å². The Morgan fingerprint density at radius 3 is 1.20 bits per heavy atom. The number of nitrogens with one attached hydrogen (secondary N) is 8. The maximum atomic E-state index is 14.4. The predicted molar refractivity (Wildman–Crippen MR) is 456 cm³/mol. The van der Waals surface area contributed by atoms with Crippen molar-refractivity contribution in [3.05, 3.63) is 302 Å². The molecule has 24 nitrogen and oxygen atoms in total. The van der Waals surface area contributed by atoms with E-state index in [1.807, 2.05) is 144 Å². The Bertz CT molecular complexity index is 6010. The predicted octanol–water partition coefficient (Wildman–Crippen LogP) is 11.9. The number of rotatable bonds is 14. The molecule has 0 bridgehead atoms. The number of amides is 9. The van der Waals surface area contributed by atoms with E-state index in [9.17, 15) is 60.7 Å². The molecule has 3 aromatic heterocycles. The van der Waals surface area contributed by atoms with Crippen molar-refractivity contribution in [1.29, 1.82) is 0 Å². The van der Waals surface area contributed by atoms with Crippen LogP contribution in [0.25, 0.3) is 0 Å². The van der Waals surface area contributed by atoms with Crippen LogP contribution in [-0.4, -0.2) is 144 Å². The van der Waals surface area contributed by atoms with Crippen LogP contribution in [0.5, 0.6) is 0 Å². The molecule has 124 heavy (non-hydrogen) atoms. The Labute approximate surface area is 712 Å². The van der Waals surface area contributed by atoms with E-state index in [1.165, 1.54) is 34.1 Å². The number of nitrogens with zero attached hydrogens (tertiary/aromatic N) is 7. The van der Waals surface area contributed by atoms with Gasteiger partial charge in [-0.05, 0) is 214 Å². The zero-order chi connectivity index (χ0) is 86.4. The highest BCUT2D eigenvalue weighted by molar-refractivity contribution is 6.09. The van der Waals surface area contributed by atoms with Crippen LogP contribution >= 0.6 is 0 Å². The second-order valence-corrected chi connectivity index (χ2v) is 35.2. The summed E-state index contributed by atoms with van der Waals surface area (Å²) in [5.74, 6) is -3.17. The lowest BCUT2D eigenvalue weighted by Crippen LogP contribution is -2.64. The number of pyridine rings is 3. The molecule has 9 heterocycles. The first-order valence-corrected chi connectivity index (χ1v) is 41.8. The second kappa shape index (κ2) is 31.9. The molecular weight excluding hydrogens is 1580 g/mol. The summed E-state index contributed by atoms with van der Waals surface area (Å²) in [6, 6.07) is 52.5. The Morgan fingerprint density at radius 1 is 0.403 bits per heavy atom. The largest absolute Gasteiger partial charge is 0.325 e. The molecule has 6 unspecified atom stereocenters. The molecule has 8 N–H and O–H groups in total. The van der Waals surface area contributed by atoms with Gasteiger partial charge in [-0.15, -0.1) is 0 Å². The molecule has 6 atom stereocenters. The van der Waals surface area contributed by atoms with Gasteiger partial charge in [0.1, 0.15) is 60.4 Å². The Kier molecular flexibility index (Phi) is 21.1. The fourth-order valence-corrected chi connectivity index (χ4v) is 20.3. The number of piperazine rings is 3. The molecule has 4 fully saturated rings. The van der Waals surface area contributed by atoms with Gasteiger partial charge in [-0.1, -0.05) is 110 Å². The van der Waals surface area contributed by atoms with Crippen molar-refractivity contribution in [3.8, 4) is 0 Å². The van der Waals surface area contributed by atoms with Crippen molar-refractivity contribution in [2.24, 2.45) is 0 Å². The number of carbonyl (C=O) groups is 9. The molecule has 9 amide bonds. The van der Waals surface area contributed by atoms with Crippen LogP contribution in [0.3, 0.4) is 0 Å². The Morgan fingerprint density at radius 2 is 0.774 bits per heavy atom. The average molecular weight is 1670 g/mol. The first kappa shape index (κ1) is 81.8. The molecule has 6 aliphatic heterocycles. The number of hydrogen-bond acceptors (Lipinski definition) is 15. The van der Waals surface area contributed by atoms with Crippen LogP contribution in [0.2, 0.25) is 0 Å². The smallest absolute Gasteiger partial charge is 0.244 e. The number of benzene rings is 7. The van der Waals surface area contributed by atoms with Gasteiger partial charge in [-0.25, -0.2) is 32.5 Å². The molecule has 632 valence electrons. The summed E-state index contributed by atoms with van der Waals surface area (Å²) in [6.07, 6.45) is 11.8. The number of fused-ring (bicyclic) bond motifs is 9.